The molecule has 2 aromatic carbocycles. The Kier molecular flexibility index (Phi) is 7.95. The summed E-state index contributed by atoms with van der Waals surface area (Å²) >= 11 is 5.95. The van der Waals surface area contributed by atoms with Gasteiger partial charge in [0.15, 0.2) is 0 Å². The lowest BCUT2D eigenvalue weighted by Crippen LogP contribution is -2.52. The minimum absolute atomic E-state index is 0.0359. The molecular weight excluding hydrogens is 454 g/mol. The Morgan fingerprint density at radius 1 is 0.941 bits per heavy atom. The van der Waals surface area contributed by atoms with Gasteiger partial charge in [-0.15, -0.1) is 0 Å². The largest absolute Gasteiger partial charge is 0.497 e. The molecule has 4 rings (SSSR count). The van der Waals surface area contributed by atoms with Crippen LogP contribution in [0.1, 0.15) is 28.8 Å². The number of likely N-dealkylation sites (tertiary alicyclic amines) is 1. The molecule has 2 amide bonds. The molecule has 0 saturated carbocycles. The highest BCUT2D eigenvalue weighted by Gasteiger charge is 2.33. The zero-order valence-electron chi connectivity index (χ0n) is 19.8. The van der Waals surface area contributed by atoms with Crippen LogP contribution in [0.5, 0.6) is 11.5 Å². The van der Waals surface area contributed by atoms with E-state index in [-0.39, 0.29) is 17.7 Å². The van der Waals surface area contributed by atoms with Gasteiger partial charge in [-0.1, -0.05) is 11.6 Å². The smallest absolute Gasteiger partial charge is 0.253 e. The number of rotatable bonds is 6. The van der Waals surface area contributed by atoms with Crippen LogP contribution in [-0.2, 0) is 11.3 Å². The van der Waals surface area contributed by atoms with E-state index in [0.717, 1.165) is 49.5 Å². The lowest BCUT2D eigenvalue weighted by molar-refractivity contribution is -0.138. The second-order valence-electron chi connectivity index (χ2n) is 8.88. The van der Waals surface area contributed by atoms with Gasteiger partial charge < -0.3 is 19.3 Å². The molecule has 2 saturated heterocycles. The van der Waals surface area contributed by atoms with Crippen LogP contribution in [0.15, 0.2) is 42.5 Å². The van der Waals surface area contributed by atoms with Gasteiger partial charge in [-0.25, -0.2) is 0 Å². The fraction of sp³-hybridized carbons (Fsp3) is 0.462. The Hall–Kier alpha value is -2.77. The quantitative estimate of drug-likeness (QED) is 0.626. The van der Waals surface area contributed by atoms with E-state index in [1.165, 1.54) is 0 Å². The summed E-state index contributed by atoms with van der Waals surface area (Å²) in [6.45, 7) is 4.87. The number of benzene rings is 2. The van der Waals surface area contributed by atoms with Crippen molar-refractivity contribution in [2.75, 3.05) is 53.5 Å². The Labute approximate surface area is 206 Å². The predicted molar refractivity (Wildman–Crippen MR) is 131 cm³/mol. The fourth-order valence-electron chi connectivity index (χ4n) is 4.77. The number of hydrogen-bond acceptors (Lipinski definition) is 5. The molecule has 0 aliphatic carbocycles. The molecule has 2 fully saturated rings. The Bertz CT molecular complexity index is 1010. The van der Waals surface area contributed by atoms with Gasteiger partial charge in [-0.2, -0.15) is 0 Å². The van der Waals surface area contributed by atoms with Crippen LogP contribution in [0.4, 0.5) is 0 Å². The normalized spacial score (nSPS) is 19.1. The van der Waals surface area contributed by atoms with Crippen LogP contribution in [0.2, 0.25) is 5.02 Å². The summed E-state index contributed by atoms with van der Waals surface area (Å²) in [6.07, 6.45) is 1.66. The zero-order chi connectivity index (χ0) is 24.1. The van der Waals surface area contributed by atoms with Crippen molar-refractivity contribution in [3.05, 3.63) is 58.6 Å². The number of piperidine rings is 1. The molecule has 34 heavy (non-hydrogen) atoms. The maximum atomic E-state index is 13.3. The molecule has 2 heterocycles. The molecule has 2 aromatic rings. The summed E-state index contributed by atoms with van der Waals surface area (Å²) in [6, 6.07) is 12.8. The van der Waals surface area contributed by atoms with Crippen LogP contribution in [0.3, 0.4) is 0 Å². The monoisotopic (exact) mass is 485 g/mol. The first-order valence-electron chi connectivity index (χ1n) is 11.8. The van der Waals surface area contributed by atoms with E-state index in [0.29, 0.717) is 36.8 Å². The van der Waals surface area contributed by atoms with Crippen molar-refractivity contribution >= 4 is 23.4 Å². The summed E-state index contributed by atoms with van der Waals surface area (Å²) in [7, 11) is 3.33. The standard InChI is InChI=1S/C26H32ClN3O4/c1-33-23-9-10-24(34-2)21(16-23)17-28-12-14-29(15-13-28)26(32)20-4-3-11-30(18-20)25(31)19-5-7-22(27)8-6-19/h5-10,16,20H,3-4,11-15,17-18H2,1-2H3. The number of carbonyl (C=O) groups is 2. The van der Waals surface area contributed by atoms with E-state index in [1.54, 1.807) is 43.4 Å². The molecule has 0 bridgehead atoms. The number of halogens is 1. The van der Waals surface area contributed by atoms with Crippen molar-refractivity contribution in [2.45, 2.75) is 19.4 Å². The van der Waals surface area contributed by atoms with Gasteiger partial charge in [-0.3, -0.25) is 14.5 Å². The van der Waals surface area contributed by atoms with Crippen LogP contribution in [-0.4, -0.2) is 80.0 Å². The highest BCUT2D eigenvalue weighted by molar-refractivity contribution is 6.30. The van der Waals surface area contributed by atoms with Gasteiger partial charge in [0, 0.05) is 62.0 Å². The molecule has 0 N–H and O–H groups in total. The van der Waals surface area contributed by atoms with E-state index in [4.69, 9.17) is 21.1 Å². The third-order valence-corrected chi connectivity index (χ3v) is 6.97. The van der Waals surface area contributed by atoms with E-state index >= 15 is 0 Å². The number of methoxy groups -OCH3 is 2. The summed E-state index contributed by atoms with van der Waals surface area (Å²) in [5, 5.41) is 0.604. The second-order valence-corrected chi connectivity index (χ2v) is 9.31. The molecule has 0 aromatic heterocycles. The first kappa shape index (κ1) is 24.4. The van der Waals surface area contributed by atoms with Crippen molar-refractivity contribution in [1.82, 2.24) is 14.7 Å². The van der Waals surface area contributed by atoms with Crippen molar-refractivity contribution in [2.24, 2.45) is 5.92 Å². The summed E-state index contributed by atoms with van der Waals surface area (Å²) < 4.78 is 10.9. The lowest BCUT2D eigenvalue weighted by Gasteiger charge is -2.39. The van der Waals surface area contributed by atoms with Gasteiger partial charge in [0.2, 0.25) is 5.91 Å². The summed E-state index contributed by atoms with van der Waals surface area (Å²) in [5.41, 5.74) is 1.68. The molecule has 0 radical (unpaired) electrons. The minimum atomic E-state index is -0.143. The molecule has 1 unspecified atom stereocenters. The molecular formula is C26H32ClN3O4. The van der Waals surface area contributed by atoms with Crippen LogP contribution in [0.25, 0.3) is 0 Å². The molecule has 1 atom stereocenters. The number of hydrogen-bond donors (Lipinski definition) is 0. The molecule has 7 nitrogen and oxygen atoms in total. The van der Waals surface area contributed by atoms with Crippen molar-refractivity contribution < 1.29 is 19.1 Å². The number of piperazine rings is 1. The van der Waals surface area contributed by atoms with Crippen molar-refractivity contribution in [3.63, 3.8) is 0 Å². The van der Waals surface area contributed by atoms with Crippen LogP contribution < -0.4 is 9.47 Å². The maximum Gasteiger partial charge on any atom is 0.253 e. The molecule has 182 valence electrons. The number of carbonyl (C=O) groups excluding carboxylic acids is 2. The maximum absolute atomic E-state index is 13.3. The number of nitrogens with zero attached hydrogens (tertiary/aromatic N) is 3. The summed E-state index contributed by atoms with van der Waals surface area (Å²) in [4.78, 5) is 32.3. The van der Waals surface area contributed by atoms with E-state index in [9.17, 15) is 9.59 Å². The molecule has 2 aliphatic rings. The van der Waals surface area contributed by atoms with E-state index in [2.05, 4.69) is 4.90 Å². The van der Waals surface area contributed by atoms with E-state index in [1.807, 2.05) is 23.1 Å². The predicted octanol–water partition coefficient (Wildman–Crippen LogP) is 3.55. The van der Waals surface area contributed by atoms with E-state index < -0.39 is 0 Å². The number of amides is 2. The van der Waals surface area contributed by atoms with Gasteiger partial charge in [-0.05, 0) is 55.3 Å². The average molecular weight is 486 g/mol. The highest BCUT2D eigenvalue weighted by atomic mass is 35.5. The topological polar surface area (TPSA) is 62.3 Å². The number of ether oxygens (including phenoxy) is 2. The molecule has 0 spiro atoms. The fourth-order valence-corrected chi connectivity index (χ4v) is 4.90. The lowest BCUT2D eigenvalue weighted by atomic mass is 9.95. The average Bonchev–Trinajstić information content (AvgIpc) is 2.88. The zero-order valence-corrected chi connectivity index (χ0v) is 20.6. The second kappa shape index (κ2) is 11.1. The van der Waals surface area contributed by atoms with Gasteiger partial charge in [0.25, 0.3) is 5.91 Å². The Morgan fingerprint density at radius 3 is 2.35 bits per heavy atom. The SMILES string of the molecule is COc1ccc(OC)c(CN2CCN(C(=O)C3CCCN(C(=O)c4ccc(Cl)cc4)C3)CC2)c1. The third kappa shape index (κ3) is 5.65. The van der Waals surface area contributed by atoms with Gasteiger partial charge in [0.1, 0.15) is 11.5 Å². The first-order chi connectivity index (χ1) is 16.5. The Morgan fingerprint density at radius 2 is 1.68 bits per heavy atom. The van der Waals surface area contributed by atoms with Crippen molar-refractivity contribution in [1.29, 1.82) is 0 Å². The van der Waals surface area contributed by atoms with Crippen molar-refractivity contribution in [3.8, 4) is 11.5 Å². The van der Waals surface area contributed by atoms with Gasteiger partial charge in [0.05, 0.1) is 20.1 Å². The molecule has 2 aliphatic heterocycles. The van der Waals surface area contributed by atoms with Crippen LogP contribution in [0, 0.1) is 5.92 Å². The van der Waals surface area contributed by atoms with Crippen LogP contribution >= 0.6 is 11.6 Å². The minimum Gasteiger partial charge on any atom is -0.497 e. The summed E-state index contributed by atoms with van der Waals surface area (Å²) in [5.74, 6) is 1.63. The first-order valence-corrected chi connectivity index (χ1v) is 12.1. The molecule has 8 heteroatoms. The van der Waals surface area contributed by atoms with Gasteiger partial charge >= 0.3 is 0 Å². The third-order valence-electron chi connectivity index (χ3n) is 6.71. The highest BCUT2D eigenvalue weighted by Crippen LogP contribution is 2.26. The Balaban J connectivity index is 1.32.